The predicted molar refractivity (Wildman–Crippen MR) is 72.7 cm³/mol. The molecule has 1 aliphatic rings. The first kappa shape index (κ1) is 16.7. The lowest BCUT2D eigenvalue weighted by Gasteiger charge is -2.30. The fourth-order valence-electron chi connectivity index (χ4n) is 2.33. The van der Waals surface area contributed by atoms with E-state index in [9.17, 15) is 9.59 Å². The van der Waals surface area contributed by atoms with E-state index in [0.717, 1.165) is 0 Å². The van der Waals surface area contributed by atoms with Gasteiger partial charge in [0.25, 0.3) is 0 Å². The molecule has 1 aliphatic heterocycles. The predicted octanol–water partition coefficient (Wildman–Crippen LogP) is 0.637. The van der Waals surface area contributed by atoms with Crippen LogP contribution in [0.2, 0.25) is 0 Å². The summed E-state index contributed by atoms with van der Waals surface area (Å²) in [5.74, 6) is -0.908. The number of ether oxygens (including phenoxy) is 2. The van der Waals surface area contributed by atoms with E-state index in [4.69, 9.17) is 14.6 Å². The molecule has 0 saturated carbocycles. The average Bonchev–Trinajstić information content (AvgIpc) is 2.81. The number of nitrogens with zero attached hydrogens (tertiary/aromatic N) is 2. The molecule has 0 aromatic rings. The lowest BCUT2D eigenvalue weighted by atomic mass is 10.3. The largest absolute Gasteiger partial charge is 0.481 e. The molecule has 7 heteroatoms. The summed E-state index contributed by atoms with van der Waals surface area (Å²) >= 11 is 0. The molecule has 0 radical (unpaired) electrons. The summed E-state index contributed by atoms with van der Waals surface area (Å²) in [6.45, 7) is 4.88. The Hall–Kier alpha value is -1.34. The highest BCUT2D eigenvalue weighted by molar-refractivity contribution is 5.76. The number of hydrogen-bond donors (Lipinski definition) is 1. The maximum atomic E-state index is 12.5. The third kappa shape index (κ3) is 4.08. The third-order valence-corrected chi connectivity index (χ3v) is 3.53. The molecule has 0 bridgehead atoms. The molecule has 1 fully saturated rings. The van der Waals surface area contributed by atoms with Gasteiger partial charge in [-0.25, -0.2) is 4.79 Å². The molecule has 1 heterocycles. The number of hydrogen-bond acceptors (Lipinski definition) is 4. The molecule has 0 spiro atoms. The number of carbonyl (C=O) groups is 2. The molecule has 116 valence electrons. The quantitative estimate of drug-likeness (QED) is 0.776. The first-order valence-electron chi connectivity index (χ1n) is 6.73. The minimum absolute atomic E-state index is 0.0514. The van der Waals surface area contributed by atoms with Crippen LogP contribution in [0.4, 0.5) is 4.79 Å². The average molecular weight is 288 g/mol. The Labute approximate surface area is 119 Å². The Morgan fingerprint density at radius 3 is 2.10 bits per heavy atom. The molecule has 2 unspecified atom stereocenters. The van der Waals surface area contributed by atoms with Crippen LogP contribution < -0.4 is 0 Å². The highest BCUT2D eigenvalue weighted by Gasteiger charge is 2.37. The zero-order valence-electron chi connectivity index (χ0n) is 12.5. The minimum atomic E-state index is -0.908. The topological polar surface area (TPSA) is 79.3 Å². The smallest absolute Gasteiger partial charge is 0.320 e. The van der Waals surface area contributed by atoms with Crippen LogP contribution >= 0.6 is 0 Å². The lowest BCUT2D eigenvalue weighted by molar-refractivity contribution is -0.137. The normalized spacial score (nSPS) is 22.4. The number of carboxylic acids is 1. The summed E-state index contributed by atoms with van der Waals surface area (Å²) in [6.07, 6.45) is -0.339. The molecular weight excluding hydrogens is 264 g/mol. The van der Waals surface area contributed by atoms with Gasteiger partial charge in [-0.05, 0) is 13.8 Å². The van der Waals surface area contributed by atoms with E-state index in [1.165, 1.54) is 0 Å². The van der Waals surface area contributed by atoms with E-state index in [1.54, 1.807) is 24.0 Å². The molecule has 0 aliphatic carbocycles. The SMILES string of the molecule is COC1CN(C(=O)N(CCC(=O)O)C(C)C)CC1OC. The Morgan fingerprint density at radius 2 is 1.75 bits per heavy atom. The lowest BCUT2D eigenvalue weighted by Crippen LogP contribution is -2.46. The van der Waals surface area contributed by atoms with Crippen LogP contribution in [0.25, 0.3) is 0 Å². The second kappa shape index (κ2) is 7.44. The summed E-state index contributed by atoms with van der Waals surface area (Å²) in [5.41, 5.74) is 0. The van der Waals surface area contributed by atoms with Gasteiger partial charge in [-0.2, -0.15) is 0 Å². The minimum Gasteiger partial charge on any atom is -0.481 e. The van der Waals surface area contributed by atoms with Gasteiger partial charge in [-0.15, -0.1) is 0 Å². The van der Waals surface area contributed by atoms with Crippen molar-refractivity contribution < 1.29 is 24.2 Å². The van der Waals surface area contributed by atoms with Gasteiger partial charge in [0.15, 0.2) is 0 Å². The summed E-state index contributed by atoms with van der Waals surface area (Å²) in [6, 6.07) is -0.215. The van der Waals surface area contributed by atoms with Crippen molar-refractivity contribution in [2.75, 3.05) is 33.9 Å². The first-order valence-corrected chi connectivity index (χ1v) is 6.73. The van der Waals surface area contributed by atoms with Crippen molar-refractivity contribution in [1.82, 2.24) is 9.80 Å². The number of aliphatic carboxylic acids is 1. The van der Waals surface area contributed by atoms with Gasteiger partial charge in [0, 0.05) is 26.8 Å². The molecule has 1 rings (SSSR count). The van der Waals surface area contributed by atoms with Crippen molar-refractivity contribution in [1.29, 1.82) is 0 Å². The summed E-state index contributed by atoms with van der Waals surface area (Å²) in [5, 5.41) is 8.76. The van der Waals surface area contributed by atoms with E-state index in [1.807, 2.05) is 13.8 Å². The van der Waals surface area contributed by atoms with E-state index >= 15 is 0 Å². The van der Waals surface area contributed by atoms with Crippen LogP contribution in [-0.4, -0.2) is 79.0 Å². The molecule has 7 nitrogen and oxygen atoms in total. The molecule has 0 aromatic heterocycles. The third-order valence-electron chi connectivity index (χ3n) is 3.53. The monoisotopic (exact) mass is 288 g/mol. The van der Waals surface area contributed by atoms with Crippen LogP contribution in [-0.2, 0) is 14.3 Å². The fourth-order valence-corrected chi connectivity index (χ4v) is 2.33. The molecule has 1 N–H and O–H groups in total. The number of methoxy groups -OCH3 is 2. The molecule has 20 heavy (non-hydrogen) atoms. The highest BCUT2D eigenvalue weighted by Crippen LogP contribution is 2.18. The zero-order chi connectivity index (χ0) is 15.3. The van der Waals surface area contributed by atoms with Gasteiger partial charge in [-0.1, -0.05) is 0 Å². The second-order valence-corrected chi connectivity index (χ2v) is 5.17. The number of rotatable bonds is 6. The van der Waals surface area contributed by atoms with Crippen molar-refractivity contribution in [2.45, 2.75) is 38.5 Å². The van der Waals surface area contributed by atoms with Crippen molar-refractivity contribution in [3.8, 4) is 0 Å². The number of urea groups is 1. The summed E-state index contributed by atoms with van der Waals surface area (Å²) in [7, 11) is 3.19. The van der Waals surface area contributed by atoms with Crippen molar-refractivity contribution >= 4 is 12.0 Å². The number of amides is 2. The fraction of sp³-hybridized carbons (Fsp3) is 0.846. The first-order chi connectivity index (χ1) is 9.40. The molecular formula is C13H24N2O5. The van der Waals surface area contributed by atoms with Crippen LogP contribution in [0, 0.1) is 0 Å². The molecule has 2 atom stereocenters. The van der Waals surface area contributed by atoms with Gasteiger partial charge in [-0.3, -0.25) is 4.79 Å². The van der Waals surface area contributed by atoms with Crippen molar-refractivity contribution in [3.05, 3.63) is 0 Å². The Kier molecular flexibility index (Phi) is 6.22. The molecule has 1 saturated heterocycles. The van der Waals surface area contributed by atoms with E-state index in [0.29, 0.717) is 13.1 Å². The second-order valence-electron chi connectivity index (χ2n) is 5.17. The maximum Gasteiger partial charge on any atom is 0.320 e. The van der Waals surface area contributed by atoms with Gasteiger partial charge in [0.1, 0.15) is 12.2 Å². The molecule has 0 aromatic carbocycles. The van der Waals surface area contributed by atoms with Crippen molar-refractivity contribution in [2.24, 2.45) is 0 Å². The Bertz CT molecular complexity index is 336. The Morgan fingerprint density at radius 1 is 1.25 bits per heavy atom. The van der Waals surface area contributed by atoms with E-state index < -0.39 is 5.97 Å². The summed E-state index contributed by atoms with van der Waals surface area (Å²) < 4.78 is 10.6. The zero-order valence-corrected chi connectivity index (χ0v) is 12.5. The Balaban J connectivity index is 2.68. The van der Waals surface area contributed by atoms with Crippen molar-refractivity contribution in [3.63, 3.8) is 0 Å². The van der Waals surface area contributed by atoms with Crippen LogP contribution in [0.5, 0.6) is 0 Å². The highest BCUT2D eigenvalue weighted by atomic mass is 16.5. The van der Waals surface area contributed by atoms with Crippen LogP contribution in [0.1, 0.15) is 20.3 Å². The maximum absolute atomic E-state index is 12.5. The summed E-state index contributed by atoms with van der Waals surface area (Å²) in [4.78, 5) is 26.4. The van der Waals surface area contributed by atoms with E-state index in [2.05, 4.69) is 0 Å². The standard InChI is InChI=1S/C13H24N2O5/c1-9(2)15(6-5-12(16)17)13(18)14-7-10(19-3)11(8-14)20-4/h9-11H,5-8H2,1-4H3,(H,16,17). The van der Waals surface area contributed by atoms with Gasteiger partial charge in [0.05, 0.1) is 19.5 Å². The van der Waals surface area contributed by atoms with Gasteiger partial charge < -0.3 is 24.4 Å². The van der Waals surface area contributed by atoms with Crippen LogP contribution in [0.3, 0.4) is 0 Å². The van der Waals surface area contributed by atoms with Gasteiger partial charge in [0.2, 0.25) is 0 Å². The number of likely N-dealkylation sites (tertiary alicyclic amines) is 1. The molecule has 2 amide bonds. The number of carboxylic acid groups (broad SMARTS) is 1. The van der Waals surface area contributed by atoms with E-state index in [-0.39, 0.29) is 37.2 Å². The number of carbonyl (C=O) groups excluding carboxylic acids is 1. The van der Waals surface area contributed by atoms with Gasteiger partial charge >= 0.3 is 12.0 Å². The van der Waals surface area contributed by atoms with Crippen LogP contribution in [0.15, 0.2) is 0 Å².